The van der Waals surface area contributed by atoms with Crippen LogP contribution in [0.25, 0.3) is 0 Å². The van der Waals surface area contributed by atoms with Gasteiger partial charge in [-0.15, -0.1) is 0 Å². The van der Waals surface area contributed by atoms with Crippen molar-refractivity contribution in [2.75, 3.05) is 44.2 Å². The Labute approximate surface area is 147 Å². The Morgan fingerprint density at radius 1 is 1.16 bits per heavy atom. The number of hydrogen-bond acceptors (Lipinski definition) is 7. The van der Waals surface area contributed by atoms with Gasteiger partial charge in [-0.3, -0.25) is 9.69 Å². The van der Waals surface area contributed by atoms with Crippen molar-refractivity contribution in [2.24, 2.45) is 0 Å². The standard InChI is InChI=1S/C17H23N7O/c1-2-15-14(12-18-13-22-15)16(25)19-6-7-23-8-10-24(11-9-23)17-20-4-3-5-21-17/h3-5,12-13H,2,6-11H2,1H3,(H,19,25). The molecule has 0 saturated carbocycles. The Morgan fingerprint density at radius 2 is 1.92 bits per heavy atom. The van der Waals surface area contributed by atoms with Crippen LogP contribution in [0.4, 0.5) is 5.95 Å². The van der Waals surface area contributed by atoms with Gasteiger partial charge in [-0.2, -0.15) is 0 Å². The number of aryl methyl sites for hydroxylation is 1. The van der Waals surface area contributed by atoms with Crippen molar-refractivity contribution in [1.82, 2.24) is 30.2 Å². The van der Waals surface area contributed by atoms with Gasteiger partial charge in [0.15, 0.2) is 0 Å². The van der Waals surface area contributed by atoms with Gasteiger partial charge in [-0.1, -0.05) is 6.92 Å². The second-order valence-electron chi connectivity index (χ2n) is 5.87. The zero-order valence-electron chi connectivity index (χ0n) is 14.4. The first-order chi connectivity index (χ1) is 12.3. The molecule has 1 fully saturated rings. The number of aromatic nitrogens is 4. The first-order valence-electron chi connectivity index (χ1n) is 8.59. The molecule has 1 saturated heterocycles. The number of piperazine rings is 1. The van der Waals surface area contributed by atoms with Gasteiger partial charge < -0.3 is 10.2 Å². The molecule has 0 spiro atoms. The number of nitrogens with zero attached hydrogens (tertiary/aromatic N) is 6. The number of nitrogens with one attached hydrogen (secondary N) is 1. The fraction of sp³-hybridized carbons (Fsp3) is 0.471. The maximum atomic E-state index is 12.3. The Hall–Kier alpha value is -2.61. The average Bonchev–Trinajstić information content (AvgIpc) is 2.69. The first kappa shape index (κ1) is 17.2. The second kappa shape index (κ2) is 8.48. The molecule has 132 valence electrons. The smallest absolute Gasteiger partial charge is 0.254 e. The molecule has 0 aliphatic carbocycles. The third-order valence-electron chi connectivity index (χ3n) is 4.30. The Kier molecular flexibility index (Phi) is 5.84. The molecule has 3 heterocycles. The van der Waals surface area contributed by atoms with Gasteiger partial charge in [0, 0.05) is 57.9 Å². The van der Waals surface area contributed by atoms with Crippen molar-refractivity contribution < 1.29 is 4.79 Å². The summed E-state index contributed by atoms with van der Waals surface area (Å²) in [7, 11) is 0. The van der Waals surface area contributed by atoms with Crippen LogP contribution >= 0.6 is 0 Å². The monoisotopic (exact) mass is 341 g/mol. The number of carbonyl (C=O) groups excluding carboxylic acids is 1. The van der Waals surface area contributed by atoms with Crippen LogP contribution in [0.3, 0.4) is 0 Å². The van der Waals surface area contributed by atoms with E-state index >= 15 is 0 Å². The summed E-state index contributed by atoms with van der Waals surface area (Å²) in [5.41, 5.74) is 1.35. The summed E-state index contributed by atoms with van der Waals surface area (Å²) in [5, 5.41) is 2.96. The molecule has 1 aliphatic rings. The van der Waals surface area contributed by atoms with E-state index in [2.05, 4.69) is 35.1 Å². The van der Waals surface area contributed by atoms with E-state index in [0.717, 1.165) is 50.8 Å². The van der Waals surface area contributed by atoms with Crippen LogP contribution in [0.2, 0.25) is 0 Å². The molecule has 0 radical (unpaired) electrons. The number of rotatable bonds is 6. The van der Waals surface area contributed by atoms with Crippen LogP contribution in [-0.4, -0.2) is 70.0 Å². The minimum absolute atomic E-state index is 0.103. The van der Waals surface area contributed by atoms with Gasteiger partial charge in [0.25, 0.3) is 5.91 Å². The van der Waals surface area contributed by atoms with Crippen molar-refractivity contribution in [3.05, 3.63) is 42.2 Å². The van der Waals surface area contributed by atoms with Gasteiger partial charge in [0.1, 0.15) is 6.33 Å². The fourth-order valence-electron chi connectivity index (χ4n) is 2.88. The van der Waals surface area contributed by atoms with Gasteiger partial charge >= 0.3 is 0 Å². The van der Waals surface area contributed by atoms with Gasteiger partial charge in [0.2, 0.25) is 5.95 Å². The average molecular weight is 341 g/mol. The number of anilines is 1. The first-order valence-corrected chi connectivity index (χ1v) is 8.59. The summed E-state index contributed by atoms with van der Waals surface area (Å²) >= 11 is 0. The predicted molar refractivity (Wildman–Crippen MR) is 94.4 cm³/mol. The highest BCUT2D eigenvalue weighted by atomic mass is 16.1. The Balaban J connectivity index is 1.42. The molecule has 0 unspecified atom stereocenters. The van der Waals surface area contributed by atoms with E-state index in [4.69, 9.17) is 0 Å². The van der Waals surface area contributed by atoms with E-state index in [1.54, 1.807) is 18.6 Å². The second-order valence-corrected chi connectivity index (χ2v) is 5.87. The molecular weight excluding hydrogens is 318 g/mol. The maximum absolute atomic E-state index is 12.3. The molecule has 25 heavy (non-hydrogen) atoms. The Morgan fingerprint density at radius 3 is 2.64 bits per heavy atom. The zero-order chi connectivity index (χ0) is 17.5. The molecule has 0 atom stereocenters. The lowest BCUT2D eigenvalue weighted by Gasteiger charge is -2.34. The molecule has 2 aromatic rings. The summed E-state index contributed by atoms with van der Waals surface area (Å²) in [6.45, 7) is 7.07. The minimum Gasteiger partial charge on any atom is -0.351 e. The summed E-state index contributed by atoms with van der Waals surface area (Å²) in [6.07, 6.45) is 7.31. The normalized spacial score (nSPS) is 15.2. The van der Waals surface area contributed by atoms with Crippen LogP contribution in [0.15, 0.2) is 31.0 Å². The van der Waals surface area contributed by atoms with Crippen LogP contribution in [0.5, 0.6) is 0 Å². The highest BCUT2D eigenvalue weighted by Gasteiger charge is 2.18. The molecule has 0 aromatic carbocycles. The van der Waals surface area contributed by atoms with Crippen molar-refractivity contribution in [2.45, 2.75) is 13.3 Å². The third-order valence-corrected chi connectivity index (χ3v) is 4.30. The van der Waals surface area contributed by atoms with Crippen LogP contribution in [-0.2, 0) is 6.42 Å². The van der Waals surface area contributed by atoms with Crippen molar-refractivity contribution in [1.29, 1.82) is 0 Å². The van der Waals surface area contributed by atoms with Crippen molar-refractivity contribution in [3.8, 4) is 0 Å². The summed E-state index contributed by atoms with van der Waals surface area (Å²) in [5.74, 6) is 0.681. The van der Waals surface area contributed by atoms with Crippen molar-refractivity contribution in [3.63, 3.8) is 0 Å². The predicted octanol–water partition coefficient (Wildman–Crippen LogP) is 0.381. The Bertz CT molecular complexity index is 686. The van der Waals surface area contributed by atoms with Crippen molar-refractivity contribution >= 4 is 11.9 Å². The summed E-state index contributed by atoms with van der Waals surface area (Å²) in [4.78, 5) is 33.5. The molecule has 8 heteroatoms. The molecule has 1 amide bonds. The quantitative estimate of drug-likeness (QED) is 0.813. The molecule has 0 bridgehead atoms. The summed E-state index contributed by atoms with van der Waals surface area (Å²) < 4.78 is 0. The minimum atomic E-state index is -0.103. The van der Waals surface area contributed by atoms with E-state index < -0.39 is 0 Å². The molecular formula is C17H23N7O. The van der Waals surface area contributed by atoms with Gasteiger partial charge in [-0.05, 0) is 12.5 Å². The van der Waals surface area contributed by atoms with E-state index in [9.17, 15) is 4.79 Å². The van der Waals surface area contributed by atoms with Crippen LogP contribution < -0.4 is 10.2 Å². The molecule has 2 aromatic heterocycles. The van der Waals surface area contributed by atoms with E-state index in [0.29, 0.717) is 12.1 Å². The SMILES string of the molecule is CCc1ncncc1C(=O)NCCN1CCN(c2ncccn2)CC1. The lowest BCUT2D eigenvalue weighted by molar-refractivity contribution is 0.0946. The molecule has 1 aliphatic heterocycles. The zero-order valence-corrected chi connectivity index (χ0v) is 14.4. The largest absolute Gasteiger partial charge is 0.351 e. The maximum Gasteiger partial charge on any atom is 0.254 e. The summed E-state index contributed by atoms with van der Waals surface area (Å²) in [6, 6.07) is 1.82. The highest BCUT2D eigenvalue weighted by molar-refractivity contribution is 5.94. The topological polar surface area (TPSA) is 87.1 Å². The molecule has 1 N–H and O–H groups in total. The molecule has 3 rings (SSSR count). The molecule has 8 nitrogen and oxygen atoms in total. The van der Waals surface area contributed by atoms with Gasteiger partial charge in [0.05, 0.1) is 11.3 Å². The number of amides is 1. The van der Waals surface area contributed by atoms with E-state index in [-0.39, 0.29) is 5.91 Å². The van der Waals surface area contributed by atoms with E-state index in [1.807, 2.05) is 13.0 Å². The van der Waals surface area contributed by atoms with Crippen LogP contribution in [0, 0.1) is 0 Å². The van der Waals surface area contributed by atoms with E-state index in [1.165, 1.54) is 6.33 Å². The number of hydrogen-bond donors (Lipinski definition) is 1. The highest BCUT2D eigenvalue weighted by Crippen LogP contribution is 2.09. The van der Waals surface area contributed by atoms with Gasteiger partial charge in [-0.25, -0.2) is 19.9 Å². The fourth-order valence-corrected chi connectivity index (χ4v) is 2.88. The van der Waals surface area contributed by atoms with Crippen LogP contribution in [0.1, 0.15) is 23.0 Å². The third kappa shape index (κ3) is 4.48. The lowest BCUT2D eigenvalue weighted by Crippen LogP contribution is -2.49. The lowest BCUT2D eigenvalue weighted by atomic mass is 10.2. The number of carbonyl (C=O) groups is 1.